The van der Waals surface area contributed by atoms with Crippen LogP contribution in [0.5, 0.6) is 0 Å². The van der Waals surface area contributed by atoms with Crippen molar-refractivity contribution in [1.82, 2.24) is 14.1 Å². The second-order valence-electron chi connectivity index (χ2n) is 10.9. The third-order valence-electron chi connectivity index (χ3n) is 7.08. The quantitative estimate of drug-likeness (QED) is 0.271. The molecule has 0 saturated carbocycles. The summed E-state index contributed by atoms with van der Waals surface area (Å²) < 4.78 is 5.23. The maximum atomic E-state index is 12.9. The van der Waals surface area contributed by atoms with Crippen LogP contribution in [0.15, 0.2) is 67.1 Å². The highest BCUT2D eigenvalue weighted by atomic mass is 16.2. The molecular weight excluding hydrogens is 448 g/mol. The van der Waals surface area contributed by atoms with Crippen molar-refractivity contribution in [1.29, 1.82) is 0 Å². The van der Waals surface area contributed by atoms with E-state index in [1.54, 1.807) is 0 Å². The minimum atomic E-state index is 0.206. The topological polar surface area (TPSA) is 47.4 Å². The van der Waals surface area contributed by atoms with Crippen molar-refractivity contribution < 1.29 is 9.28 Å². The van der Waals surface area contributed by atoms with Gasteiger partial charge in [0, 0.05) is 55.3 Å². The van der Waals surface area contributed by atoms with Crippen LogP contribution in [-0.4, -0.2) is 58.7 Å². The Hall–Kier alpha value is -4.15. The van der Waals surface area contributed by atoms with Crippen LogP contribution in [0.25, 0.3) is 33.2 Å². The summed E-state index contributed by atoms with van der Waals surface area (Å²) in [5, 5.41) is 0. The van der Waals surface area contributed by atoms with Gasteiger partial charge < -0.3 is 14.0 Å². The Morgan fingerprint density at radius 1 is 1.08 bits per heavy atom. The van der Waals surface area contributed by atoms with Gasteiger partial charge in [0.2, 0.25) is 5.91 Å². The van der Waals surface area contributed by atoms with Gasteiger partial charge in [-0.2, -0.15) is 0 Å². The van der Waals surface area contributed by atoms with Crippen LogP contribution in [0, 0.1) is 12.5 Å². The Kier molecular flexibility index (Phi) is 5.09. The number of rotatable bonds is 4. The summed E-state index contributed by atoms with van der Waals surface area (Å²) in [5.41, 5.74) is 7.05. The molecule has 0 bridgehead atoms. The molecule has 7 nitrogen and oxygen atoms in total. The summed E-state index contributed by atoms with van der Waals surface area (Å²) >= 11 is 0. The molecule has 1 atom stereocenters. The van der Waals surface area contributed by atoms with Gasteiger partial charge in [0.1, 0.15) is 0 Å². The number of hydrogen-bond donors (Lipinski definition) is 0. The lowest BCUT2D eigenvalue weighted by Crippen LogP contribution is -2.40. The number of amides is 1. The summed E-state index contributed by atoms with van der Waals surface area (Å²) in [6.45, 7) is 9.65. The molecule has 0 radical (unpaired) electrons. The van der Waals surface area contributed by atoms with E-state index in [-0.39, 0.29) is 5.91 Å². The molecule has 0 N–H and O–H groups in total. The van der Waals surface area contributed by atoms with Crippen molar-refractivity contribution in [3.63, 3.8) is 0 Å². The Morgan fingerprint density at radius 2 is 1.89 bits per heavy atom. The molecule has 2 aliphatic rings. The average Bonchev–Trinajstić information content (AvgIpc) is 3.55. The zero-order chi connectivity index (χ0) is 25.0. The average molecular weight is 478 g/mol. The molecule has 1 saturated heterocycles. The lowest BCUT2D eigenvalue weighted by Gasteiger charge is -2.27. The first-order valence-electron chi connectivity index (χ1n) is 12.2. The van der Waals surface area contributed by atoms with E-state index < -0.39 is 0 Å². The molecule has 1 fully saturated rings. The summed E-state index contributed by atoms with van der Waals surface area (Å²) in [6.07, 6.45) is 6.59. The van der Waals surface area contributed by atoms with E-state index in [1.807, 2.05) is 41.6 Å². The largest absolute Gasteiger partial charge is 0.340 e. The van der Waals surface area contributed by atoms with E-state index in [4.69, 9.17) is 6.57 Å². The van der Waals surface area contributed by atoms with E-state index in [0.29, 0.717) is 24.6 Å². The molecule has 0 unspecified atom stereocenters. The highest BCUT2D eigenvalue weighted by Gasteiger charge is 2.34. The van der Waals surface area contributed by atoms with Crippen molar-refractivity contribution in [2.75, 3.05) is 39.1 Å². The van der Waals surface area contributed by atoms with Crippen LogP contribution in [0.3, 0.4) is 0 Å². The molecule has 36 heavy (non-hydrogen) atoms. The Morgan fingerprint density at radius 3 is 2.64 bits per heavy atom. The van der Waals surface area contributed by atoms with Crippen LogP contribution in [0.1, 0.15) is 12.0 Å². The number of anilines is 1. The predicted octanol–water partition coefficient (Wildman–Crippen LogP) is 4.98. The molecule has 4 heterocycles. The number of imidazole rings is 1. The molecular formula is C29H29N6O+. The highest BCUT2D eigenvalue weighted by Crippen LogP contribution is 2.36. The number of hydrogen-bond acceptors (Lipinski definition) is 2. The van der Waals surface area contributed by atoms with Crippen LogP contribution >= 0.6 is 0 Å². The zero-order valence-electron chi connectivity index (χ0n) is 20.8. The van der Waals surface area contributed by atoms with E-state index >= 15 is 0 Å². The van der Waals surface area contributed by atoms with E-state index in [2.05, 4.69) is 70.6 Å². The van der Waals surface area contributed by atoms with Gasteiger partial charge in [-0.25, -0.2) is 9.83 Å². The zero-order valence-corrected chi connectivity index (χ0v) is 20.8. The lowest BCUT2D eigenvalue weighted by molar-refractivity contribution is -0.873. The van der Waals surface area contributed by atoms with Crippen LogP contribution in [-0.2, 0) is 11.3 Å². The smallest absolute Gasteiger partial charge is 0.227 e. The second kappa shape index (κ2) is 8.21. The van der Waals surface area contributed by atoms with Crippen molar-refractivity contribution in [3.05, 3.63) is 84.1 Å². The standard InChI is InChI=1S/C29H29N6O/c1-30-24-7-5-21(6-8-24)22-15-27-29-31-11-12-33(29)26-10-9-25(14-23(26)18-32(27)17-22)34-16-20(13-28(34)36)19-35(2,3)4/h5-12,14-15,17,20H,13,16,18-19H2,2-4H3/q+1/t20-/m0/s1. The molecule has 2 aliphatic heterocycles. The van der Waals surface area contributed by atoms with Gasteiger partial charge in [-0.15, -0.1) is 0 Å². The number of aromatic nitrogens is 3. The monoisotopic (exact) mass is 477 g/mol. The van der Waals surface area contributed by atoms with Crippen molar-refractivity contribution in [2.24, 2.45) is 5.92 Å². The number of quaternary nitrogens is 1. The number of benzene rings is 2. The van der Waals surface area contributed by atoms with Crippen molar-refractivity contribution >= 4 is 17.3 Å². The van der Waals surface area contributed by atoms with Crippen LogP contribution < -0.4 is 4.90 Å². The fraction of sp³-hybridized carbons (Fsp3) is 0.276. The summed E-state index contributed by atoms with van der Waals surface area (Å²) in [7, 11) is 6.54. The first-order chi connectivity index (χ1) is 17.3. The molecule has 180 valence electrons. The Labute approximate surface area is 211 Å². The fourth-order valence-corrected chi connectivity index (χ4v) is 5.62. The lowest BCUT2D eigenvalue weighted by atomic mass is 10.1. The molecule has 4 aromatic rings. The molecule has 2 aromatic heterocycles. The first kappa shape index (κ1) is 22.3. The maximum Gasteiger partial charge on any atom is 0.227 e. The molecule has 6 rings (SSSR count). The summed E-state index contributed by atoms with van der Waals surface area (Å²) in [5.74, 6) is 1.47. The van der Waals surface area contributed by atoms with Gasteiger partial charge in [-0.05, 0) is 35.4 Å². The Bertz CT molecular complexity index is 1510. The second-order valence-corrected chi connectivity index (χ2v) is 10.9. The van der Waals surface area contributed by atoms with Gasteiger partial charge in [-0.3, -0.25) is 9.36 Å². The third kappa shape index (κ3) is 3.90. The number of carbonyl (C=O) groups is 1. The normalized spacial score (nSPS) is 16.8. The fourth-order valence-electron chi connectivity index (χ4n) is 5.62. The SMILES string of the molecule is [C-]#[N+]c1ccc(-c2cc3n(c2)Cc2cc(N4C[C@@H](C[N+](C)(C)C)CC4=O)ccc2-n2ccnc2-3)cc1. The molecule has 0 aliphatic carbocycles. The molecule has 2 aromatic carbocycles. The molecule has 1 amide bonds. The van der Waals surface area contributed by atoms with Crippen molar-refractivity contribution in [3.8, 4) is 28.3 Å². The first-order valence-corrected chi connectivity index (χ1v) is 12.2. The van der Waals surface area contributed by atoms with Gasteiger partial charge in [-0.1, -0.05) is 24.3 Å². The number of fused-ring (bicyclic) bond motifs is 5. The predicted molar refractivity (Wildman–Crippen MR) is 141 cm³/mol. The summed E-state index contributed by atoms with van der Waals surface area (Å²) in [4.78, 5) is 23.1. The number of carbonyl (C=O) groups excluding carboxylic acids is 1. The van der Waals surface area contributed by atoms with Gasteiger partial charge >= 0.3 is 0 Å². The Balaban J connectivity index is 1.37. The third-order valence-corrected chi connectivity index (χ3v) is 7.08. The minimum absolute atomic E-state index is 0.206. The van der Waals surface area contributed by atoms with Gasteiger partial charge in [0.25, 0.3) is 0 Å². The molecule has 7 heteroatoms. The van der Waals surface area contributed by atoms with E-state index in [1.165, 1.54) is 0 Å². The summed E-state index contributed by atoms with van der Waals surface area (Å²) in [6, 6.07) is 16.2. The number of nitrogens with zero attached hydrogens (tertiary/aromatic N) is 6. The maximum absolute atomic E-state index is 12.9. The van der Waals surface area contributed by atoms with Gasteiger partial charge in [0.05, 0.1) is 45.6 Å². The molecule has 0 spiro atoms. The van der Waals surface area contributed by atoms with Crippen LogP contribution in [0.2, 0.25) is 0 Å². The van der Waals surface area contributed by atoms with E-state index in [0.717, 1.165) is 57.2 Å². The van der Waals surface area contributed by atoms with Gasteiger partial charge in [0.15, 0.2) is 11.5 Å². The highest BCUT2D eigenvalue weighted by molar-refractivity contribution is 5.96. The van der Waals surface area contributed by atoms with E-state index in [9.17, 15) is 4.79 Å². The van der Waals surface area contributed by atoms with Crippen molar-refractivity contribution in [2.45, 2.75) is 13.0 Å². The minimum Gasteiger partial charge on any atom is -0.340 e. The van der Waals surface area contributed by atoms with Crippen LogP contribution in [0.4, 0.5) is 11.4 Å².